The lowest BCUT2D eigenvalue weighted by atomic mass is 10.1. The molecule has 7 heteroatoms. The highest BCUT2D eigenvalue weighted by Crippen LogP contribution is 2.17. The molecule has 2 N–H and O–H groups in total. The van der Waals surface area contributed by atoms with Crippen LogP contribution in [0.2, 0.25) is 5.15 Å². The highest BCUT2D eigenvalue weighted by atomic mass is 127. The van der Waals surface area contributed by atoms with E-state index < -0.39 is 0 Å². The monoisotopic (exact) mass is 507 g/mol. The molecule has 0 aliphatic heterocycles. The van der Waals surface area contributed by atoms with Gasteiger partial charge in [-0.25, -0.2) is 4.98 Å². The van der Waals surface area contributed by atoms with Crippen LogP contribution in [0.25, 0.3) is 11.3 Å². The second-order valence-corrected chi connectivity index (χ2v) is 6.39. The van der Waals surface area contributed by atoms with Gasteiger partial charge >= 0.3 is 0 Å². The van der Waals surface area contributed by atoms with Crippen molar-refractivity contribution in [3.05, 3.63) is 83.3 Å². The maximum absolute atomic E-state index is 5.81. The molecule has 1 aromatic carbocycles. The summed E-state index contributed by atoms with van der Waals surface area (Å²) in [5.41, 5.74) is 4.37. The van der Waals surface area contributed by atoms with Crippen LogP contribution in [0.1, 0.15) is 11.1 Å². The Labute approximate surface area is 187 Å². The largest absolute Gasteiger partial charge is 0.356 e. The molecule has 0 fully saturated rings. The predicted octanol–water partition coefficient (Wildman–Crippen LogP) is 4.32. The maximum Gasteiger partial charge on any atom is 0.191 e. The molecular formula is C21H23ClIN5. The van der Waals surface area contributed by atoms with Gasteiger partial charge in [-0.05, 0) is 41.8 Å². The van der Waals surface area contributed by atoms with Crippen molar-refractivity contribution in [1.82, 2.24) is 20.6 Å². The van der Waals surface area contributed by atoms with Gasteiger partial charge < -0.3 is 10.6 Å². The van der Waals surface area contributed by atoms with E-state index in [1.807, 2.05) is 36.5 Å². The van der Waals surface area contributed by atoms with Crippen molar-refractivity contribution < 1.29 is 0 Å². The Kier molecular flexibility index (Phi) is 9.16. The average molecular weight is 508 g/mol. The number of pyridine rings is 2. The lowest BCUT2D eigenvalue weighted by molar-refractivity contribution is 0.793. The van der Waals surface area contributed by atoms with Gasteiger partial charge in [0.1, 0.15) is 5.15 Å². The second kappa shape index (κ2) is 11.6. The first-order valence-corrected chi connectivity index (χ1v) is 9.17. The summed E-state index contributed by atoms with van der Waals surface area (Å²) < 4.78 is 0. The maximum atomic E-state index is 5.81. The third-order valence-corrected chi connectivity index (χ3v) is 4.29. The van der Waals surface area contributed by atoms with Crippen molar-refractivity contribution in [3.8, 4) is 11.3 Å². The van der Waals surface area contributed by atoms with Crippen molar-refractivity contribution in [3.63, 3.8) is 0 Å². The Hall–Kier alpha value is -2.19. The fraction of sp³-hybridized carbons (Fsp3) is 0.190. The number of nitrogens with one attached hydrogen (secondary N) is 2. The van der Waals surface area contributed by atoms with Crippen LogP contribution in [-0.2, 0) is 13.0 Å². The van der Waals surface area contributed by atoms with Crippen molar-refractivity contribution in [2.45, 2.75) is 13.0 Å². The van der Waals surface area contributed by atoms with Crippen LogP contribution in [0.15, 0.2) is 72.0 Å². The van der Waals surface area contributed by atoms with Gasteiger partial charge in [0, 0.05) is 38.1 Å². The number of rotatable bonds is 6. The highest BCUT2D eigenvalue weighted by Gasteiger charge is 2.02. The molecule has 146 valence electrons. The molecule has 0 aliphatic rings. The molecule has 28 heavy (non-hydrogen) atoms. The first-order chi connectivity index (χ1) is 13.2. The van der Waals surface area contributed by atoms with Gasteiger partial charge in [0.15, 0.2) is 5.96 Å². The Balaban J connectivity index is 0.00000280. The normalized spacial score (nSPS) is 10.9. The summed E-state index contributed by atoms with van der Waals surface area (Å²) in [7, 11) is 1.77. The summed E-state index contributed by atoms with van der Waals surface area (Å²) in [5, 5.41) is 7.17. The zero-order chi connectivity index (χ0) is 18.9. The summed E-state index contributed by atoms with van der Waals surface area (Å²) in [5.74, 6) is 0.764. The number of halogens is 2. The van der Waals surface area contributed by atoms with Gasteiger partial charge in [0.25, 0.3) is 0 Å². The number of hydrogen-bond donors (Lipinski definition) is 2. The first-order valence-electron chi connectivity index (χ1n) is 8.80. The molecule has 5 nitrogen and oxygen atoms in total. The molecule has 3 aromatic rings. The molecule has 2 heterocycles. The van der Waals surface area contributed by atoms with E-state index in [4.69, 9.17) is 11.6 Å². The lowest BCUT2D eigenvalue weighted by Crippen LogP contribution is -2.37. The Morgan fingerprint density at radius 3 is 2.61 bits per heavy atom. The van der Waals surface area contributed by atoms with E-state index in [1.54, 1.807) is 19.3 Å². The van der Waals surface area contributed by atoms with Crippen LogP contribution < -0.4 is 10.6 Å². The van der Waals surface area contributed by atoms with Crippen LogP contribution in [0.5, 0.6) is 0 Å². The van der Waals surface area contributed by atoms with Crippen LogP contribution in [0, 0.1) is 0 Å². The van der Waals surface area contributed by atoms with E-state index in [9.17, 15) is 0 Å². The van der Waals surface area contributed by atoms with Crippen molar-refractivity contribution >= 4 is 41.5 Å². The molecule has 2 aromatic heterocycles. The van der Waals surface area contributed by atoms with Gasteiger partial charge in [-0.15, -0.1) is 24.0 Å². The van der Waals surface area contributed by atoms with E-state index in [0.29, 0.717) is 11.7 Å². The molecular weight excluding hydrogens is 485 g/mol. The summed E-state index contributed by atoms with van der Waals surface area (Å²) in [6.45, 7) is 1.44. The first kappa shape index (κ1) is 22.1. The van der Waals surface area contributed by atoms with Gasteiger partial charge in [0.2, 0.25) is 0 Å². The van der Waals surface area contributed by atoms with E-state index in [0.717, 1.165) is 35.7 Å². The smallest absolute Gasteiger partial charge is 0.191 e. The van der Waals surface area contributed by atoms with Crippen LogP contribution in [-0.4, -0.2) is 29.5 Å². The summed E-state index contributed by atoms with van der Waals surface area (Å²) >= 11 is 5.81. The minimum absolute atomic E-state index is 0. The van der Waals surface area contributed by atoms with Crippen molar-refractivity contribution in [2.24, 2.45) is 4.99 Å². The van der Waals surface area contributed by atoms with Gasteiger partial charge in [-0.2, -0.15) is 0 Å². The molecule has 0 saturated heterocycles. The van der Waals surface area contributed by atoms with E-state index in [-0.39, 0.29) is 24.0 Å². The van der Waals surface area contributed by atoms with Gasteiger partial charge in [-0.3, -0.25) is 9.98 Å². The number of guanidine groups is 1. The third-order valence-electron chi connectivity index (χ3n) is 4.07. The molecule has 0 unspecified atom stereocenters. The Morgan fingerprint density at radius 2 is 1.89 bits per heavy atom. The molecule has 0 spiro atoms. The van der Waals surface area contributed by atoms with Crippen LogP contribution >= 0.6 is 35.6 Å². The Bertz CT molecular complexity index is 885. The fourth-order valence-electron chi connectivity index (χ4n) is 2.66. The van der Waals surface area contributed by atoms with E-state index >= 15 is 0 Å². The minimum atomic E-state index is 0. The lowest BCUT2D eigenvalue weighted by Gasteiger charge is -2.12. The van der Waals surface area contributed by atoms with Crippen molar-refractivity contribution in [1.29, 1.82) is 0 Å². The van der Waals surface area contributed by atoms with Gasteiger partial charge in [0.05, 0.1) is 5.69 Å². The summed E-state index contributed by atoms with van der Waals surface area (Å²) in [4.78, 5) is 12.8. The predicted molar refractivity (Wildman–Crippen MR) is 126 cm³/mol. The number of aliphatic imine (C=N–C) groups is 1. The second-order valence-electron chi connectivity index (χ2n) is 6.01. The highest BCUT2D eigenvalue weighted by molar-refractivity contribution is 14.0. The van der Waals surface area contributed by atoms with E-state index in [2.05, 4.69) is 43.8 Å². The van der Waals surface area contributed by atoms with Gasteiger partial charge in [-0.1, -0.05) is 41.9 Å². The van der Waals surface area contributed by atoms with E-state index in [1.165, 1.54) is 5.56 Å². The molecule has 3 rings (SSSR count). The van der Waals surface area contributed by atoms with Crippen LogP contribution in [0.4, 0.5) is 0 Å². The van der Waals surface area contributed by atoms with Crippen LogP contribution in [0.3, 0.4) is 0 Å². The molecule has 0 aliphatic carbocycles. The zero-order valence-electron chi connectivity index (χ0n) is 15.6. The number of hydrogen-bond acceptors (Lipinski definition) is 3. The summed E-state index contributed by atoms with van der Waals surface area (Å²) in [6, 6.07) is 18.1. The quantitative estimate of drug-likeness (QED) is 0.226. The zero-order valence-corrected chi connectivity index (χ0v) is 18.7. The number of benzene rings is 1. The number of nitrogens with zero attached hydrogens (tertiary/aromatic N) is 3. The average Bonchev–Trinajstić information content (AvgIpc) is 2.73. The minimum Gasteiger partial charge on any atom is -0.356 e. The SMILES string of the molecule is CN=C(NCCc1ccc(Cl)nc1)NCc1cccc(-c2ccccn2)c1.I. The topological polar surface area (TPSA) is 62.2 Å². The molecule has 0 bridgehead atoms. The standard InChI is InChI=1S/C21H22ClN5.HI/c1-23-21(25-12-10-16-8-9-20(22)26-14-16)27-15-17-5-4-6-18(13-17)19-7-2-3-11-24-19;/h2-9,11,13-14H,10,12,15H2,1H3,(H2,23,25,27);1H. The van der Waals surface area contributed by atoms with Crippen molar-refractivity contribution in [2.75, 3.05) is 13.6 Å². The summed E-state index contributed by atoms with van der Waals surface area (Å²) in [6.07, 6.45) is 4.45. The molecule has 0 amide bonds. The molecule has 0 saturated carbocycles. The molecule has 0 radical (unpaired) electrons. The number of aromatic nitrogens is 2. The molecule has 0 atom stereocenters. The third kappa shape index (κ3) is 6.76. The fourth-order valence-corrected chi connectivity index (χ4v) is 2.77. The Morgan fingerprint density at radius 1 is 1.00 bits per heavy atom.